The van der Waals surface area contributed by atoms with Gasteiger partial charge in [-0.3, -0.25) is 14.5 Å². The van der Waals surface area contributed by atoms with Gasteiger partial charge in [0, 0.05) is 13.1 Å². The zero-order valence-corrected chi connectivity index (χ0v) is 12.4. The van der Waals surface area contributed by atoms with Crippen LogP contribution in [0.2, 0.25) is 0 Å². The van der Waals surface area contributed by atoms with Gasteiger partial charge in [0.05, 0.1) is 0 Å². The molecule has 0 unspecified atom stereocenters. The molecule has 1 aliphatic heterocycles. The number of aromatic amines is 1. The van der Waals surface area contributed by atoms with Gasteiger partial charge in [0.2, 0.25) is 5.82 Å². The zero-order valence-electron chi connectivity index (χ0n) is 12.4. The molecule has 0 aliphatic carbocycles. The molecule has 0 bridgehead atoms. The third kappa shape index (κ3) is 2.59. The van der Waals surface area contributed by atoms with Crippen LogP contribution < -0.4 is 0 Å². The molecule has 2 aromatic heterocycles. The Morgan fingerprint density at radius 1 is 1.04 bits per heavy atom. The number of hydrogen-bond acceptors (Lipinski definition) is 5. The number of nitrogens with one attached hydrogen (secondary N) is 1. The molecule has 1 amide bonds. The van der Waals surface area contributed by atoms with Crippen molar-refractivity contribution in [2.45, 2.75) is 12.8 Å². The molecule has 1 aliphatic rings. The highest BCUT2D eigenvalue weighted by atomic mass is 16.2. The summed E-state index contributed by atoms with van der Waals surface area (Å²) in [6.45, 7) is 1.36. The summed E-state index contributed by atoms with van der Waals surface area (Å²) in [5, 5.41) is 14.1. The van der Waals surface area contributed by atoms with Crippen molar-refractivity contribution in [2.24, 2.45) is 0 Å². The van der Waals surface area contributed by atoms with Gasteiger partial charge in [0.15, 0.2) is 0 Å². The van der Waals surface area contributed by atoms with E-state index in [1.165, 1.54) is 23.8 Å². The molecular weight excluding hydrogens is 294 g/mol. The summed E-state index contributed by atoms with van der Waals surface area (Å²) in [5.74, 6) is 0.459. The maximum atomic E-state index is 12.6. The molecule has 0 saturated heterocycles. The van der Waals surface area contributed by atoms with Crippen molar-refractivity contribution >= 4 is 5.91 Å². The van der Waals surface area contributed by atoms with Gasteiger partial charge in [-0.25, -0.2) is 0 Å². The van der Waals surface area contributed by atoms with E-state index in [1.807, 2.05) is 17.0 Å². The Morgan fingerprint density at radius 2 is 1.70 bits per heavy atom. The van der Waals surface area contributed by atoms with E-state index >= 15 is 0 Å². The van der Waals surface area contributed by atoms with E-state index < -0.39 is 0 Å². The van der Waals surface area contributed by atoms with E-state index in [0.29, 0.717) is 19.0 Å². The maximum absolute atomic E-state index is 12.6. The summed E-state index contributed by atoms with van der Waals surface area (Å²) < 4.78 is 1.55. The highest BCUT2D eigenvalue weighted by Crippen LogP contribution is 2.16. The second-order valence-corrected chi connectivity index (χ2v) is 5.41. The van der Waals surface area contributed by atoms with E-state index in [-0.39, 0.29) is 11.7 Å². The molecule has 0 fully saturated rings. The van der Waals surface area contributed by atoms with Gasteiger partial charge in [-0.15, -0.1) is 15.3 Å². The topological polar surface area (TPSA) is 92.6 Å². The van der Waals surface area contributed by atoms with Gasteiger partial charge in [-0.1, -0.05) is 24.3 Å². The van der Waals surface area contributed by atoms with Gasteiger partial charge >= 0.3 is 0 Å². The van der Waals surface area contributed by atoms with Gasteiger partial charge in [-0.2, -0.15) is 4.98 Å². The van der Waals surface area contributed by atoms with Crippen LogP contribution in [0, 0.1) is 0 Å². The number of amides is 1. The number of rotatable bonds is 2. The van der Waals surface area contributed by atoms with Crippen molar-refractivity contribution in [2.75, 3.05) is 13.1 Å². The van der Waals surface area contributed by atoms with Crippen LogP contribution in [0.25, 0.3) is 5.95 Å². The van der Waals surface area contributed by atoms with Crippen LogP contribution in [0.3, 0.4) is 0 Å². The fourth-order valence-corrected chi connectivity index (χ4v) is 2.79. The predicted octanol–water partition coefficient (Wildman–Crippen LogP) is 0.626. The standard InChI is InChI=1S/C15H15N7O/c23-14(13-18-15(20-19-13)22-9-16-17-10-22)21-7-5-11-3-1-2-4-12(11)6-8-21/h1-4,9-10H,5-8H2,(H,18,19,20). The normalized spacial score (nSPS) is 14.3. The smallest absolute Gasteiger partial charge is 0.291 e. The average Bonchev–Trinajstić information content (AvgIpc) is 3.22. The first kappa shape index (κ1) is 13.6. The number of H-pyrrole nitrogens is 1. The number of aromatic nitrogens is 6. The van der Waals surface area contributed by atoms with Crippen LogP contribution >= 0.6 is 0 Å². The fraction of sp³-hybridized carbons (Fsp3) is 0.267. The second-order valence-electron chi connectivity index (χ2n) is 5.41. The van der Waals surface area contributed by atoms with Gasteiger partial charge in [-0.05, 0) is 24.0 Å². The molecule has 1 N–H and O–H groups in total. The van der Waals surface area contributed by atoms with Crippen molar-refractivity contribution in [1.29, 1.82) is 0 Å². The van der Waals surface area contributed by atoms with E-state index in [9.17, 15) is 4.79 Å². The molecule has 8 nitrogen and oxygen atoms in total. The van der Waals surface area contributed by atoms with E-state index in [0.717, 1.165) is 12.8 Å². The maximum Gasteiger partial charge on any atom is 0.291 e. The highest BCUT2D eigenvalue weighted by Gasteiger charge is 2.22. The van der Waals surface area contributed by atoms with E-state index in [4.69, 9.17) is 0 Å². The third-order valence-corrected chi connectivity index (χ3v) is 4.03. The Kier molecular flexibility index (Phi) is 3.34. The molecule has 0 atom stereocenters. The number of carbonyl (C=O) groups excluding carboxylic acids is 1. The van der Waals surface area contributed by atoms with Gasteiger partial charge in [0.25, 0.3) is 11.9 Å². The molecule has 8 heteroatoms. The molecule has 23 heavy (non-hydrogen) atoms. The molecule has 0 saturated carbocycles. The molecule has 0 spiro atoms. The van der Waals surface area contributed by atoms with Crippen LogP contribution in [0.5, 0.6) is 0 Å². The Morgan fingerprint density at radius 3 is 2.35 bits per heavy atom. The lowest BCUT2D eigenvalue weighted by Gasteiger charge is -2.18. The van der Waals surface area contributed by atoms with Gasteiger partial charge in [0.1, 0.15) is 12.7 Å². The molecule has 3 heterocycles. The SMILES string of the molecule is O=C(c1nc(-n2cnnc2)n[nH]1)N1CCc2ccccc2CC1. The summed E-state index contributed by atoms with van der Waals surface area (Å²) in [6.07, 6.45) is 4.68. The second kappa shape index (κ2) is 5.64. The number of fused-ring (bicyclic) bond motifs is 1. The first-order chi connectivity index (χ1) is 11.3. The van der Waals surface area contributed by atoms with Crippen molar-refractivity contribution in [3.63, 3.8) is 0 Å². The third-order valence-electron chi connectivity index (χ3n) is 4.03. The minimum absolute atomic E-state index is 0.135. The minimum Gasteiger partial charge on any atom is -0.335 e. The Bertz CT molecular complexity index is 797. The first-order valence-corrected chi connectivity index (χ1v) is 7.45. The average molecular weight is 309 g/mol. The monoisotopic (exact) mass is 309 g/mol. The van der Waals surface area contributed by atoms with Crippen LogP contribution in [0.15, 0.2) is 36.9 Å². The summed E-state index contributed by atoms with van der Waals surface area (Å²) >= 11 is 0. The van der Waals surface area contributed by atoms with Crippen LogP contribution in [0.4, 0.5) is 0 Å². The molecule has 0 radical (unpaired) electrons. The van der Waals surface area contributed by atoms with Crippen molar-refractivity contribution in [1.82, 2.24) is 34.8 Å². The molecule has 4 rings (SSSR count). The minimum atomic E-state index is -0.135. The molecule has 3 aromatic rings. The number of nitrogens with zero attached hydrogens (tertiary/aromatic N) is 6. The Balaban J connectivity index is 1.52. The Labute approximate surface area is 132 Å². The van der Waals surface area contributed by atoms with Gasteiger partial charge < -0.3 is 4.90 Å². The van der Waals surface area contributed by atoms with Crippen LogP contribution in [-0.2, 0) is 12.8 Å². The Hall–Kier alpha value is -3.03. The largest absolute Gasteiger partial charge is 0.335 e. The van der Waals surface area contributed by atoms with Crippen LogP contribution in [-0.4, -0.2) is 53.8 Å². The number of hydrogen-bond donors (Lipinski definition) is 1. The predicted molar refractivity (Wildman–Crippen MR) is 81.1 cm³/mol. The summed E-state index contributed by atoms with van der Waals surface area (Å²) in [5.41, 5.74) is 2.62. The summed E-state index contributed by atoms with van der Waals surface area (Å²) in [6, 6.07) is 8.33. The zero-order chi connectivity index (χ0) is 15.6. The fourth-order valence-electron chi connectivity index (χ4n) is 2.79. The number of carbonyl (C=O) groups is 1. The van der Waals surface area contributed by atoms with Crippen molar-refractivity contribution < 1.29 is 4.79 Å². The summed E-state index contributed by atoms with van der Waals surface area (Å²) in [7, 11) is 0. The summed E-state index contributed by atoms with van der Waals surface area (Å²) in [4.78, 5) is 18.7. The van der Waals surface area contributed by atoms with E-state index in [1.54, 1.807) is 4.57 Å². The highest BCUT2D eigenvalue weighted by molar-refractivity contribution is 5.90. The first-order valence-electron chi connectivity index (χ1n) is 7.45. The van der Waals surface area contributed by atoms with Crippen LogP contribution in [0.1, 0.15) is 21.7 Å². The lowest BCUT2D eigenvalue weighted by Crippen LogP contribution is -2.34. The molecule has 1 aromatic carbocycles. The quantitative estimate of drug-likeness (QED) is 0.749. The lowest BCUT2D eigenvalue weighted by molar-refractivity contribution is 0.0751. The van der Waals surface area contributed by atoms with E-state index in [2.05, 4.69) is 37.5 Å². The lowest BCUT2D eigenvalue weighted by atomic mass is 10.0. The number of benzene rings is 1. The van der Waals surface area contributed by atoms with Crippen molar-refractivity contribution in [3.8, 4) is 5.95 Å². The van der Waals surface area contributed by atoms with Crippen molar-refractivity contribution in [3.05, 3.63) is 53.9 Å². The molecular formula is C15H15N7O. The molecule has 116 valence electrons.